The number of para-hydroxylation sites is 1. The molecular weight excluding hydrogens is 617 g/mol. The van der Waals surface area contributed by atoms with Gasteiger partial charge in [0.25, 0.3) is 11.8 Å². The van der Waals surface area contributed by atoms with Gasteiger partial charge < -0.3 is 9.32 Å². The normalized spacial score (nSPS) is 16.9. The number of anilines is 2. The molecule has 2 aromatic heterocycles. The van der Waals surface area contributed by atoms with E-state index < -0.39 is 22.8 Å². The molecule has 0 fully saturated rings. The lowest BCUT2D eigenvalue weighted by Crippen LogP contribution is -2.53. The van der Waals surface area contributed by atoms with Gasteiger partial charge in [-0.1, -0.05) is 108 Å². The van der Waals surface area contributed by atoms with Gasteiger partial charge >= 0.3 is 0 Å². The molecule has 4 heterocycles. The number of nitrogens with zero attached hydrogens (tertiary/aromatic N) is 4. The predicted molar refractivity (Wildman–Crippen MR) is 180 cm³/mol. The molecule has 2 amide bonds. The van der Waals surface area contributed by atoms with Gasteiger partial charge in [0.1, 0.15) is 5.58 Å². The Morgan fingerprint density at radius 3 is 2.46 bits per heavy atom. The number of aryl methyl sites for hydroxylation is 2. The molecule has 1 unspecified atom stereocenters. The molecule has 0 saturated carbocycles. The average Bonchev–Trinajstić information content (AvgIpc) is 3.71. The zero-order chi connectivity index (χ0) is 31.6. The van der Waals surface area contributed by atoms with Gasteiger partial charge in [0.2, 0.25) is 10.9 Å². The highest BCUT2D eigenvalue weighted by Crippen LogP contribution is 2.55. The molecule has 8 rings (SSSR count). The zero-order valence-corrected chi connectivity index (χ0v) is 26.5. The second-order valence-electron chi connectivity index (χ2n) is 11.4. The van der Waals surface area contributed by atoms with E-state index in [9.17, 15) is 9.59 Å². The zero-order valence-electron chi connectivity index (χ0n) is 24.9. The molecule has 2 aliphatic heterocycles. The topological polar surface area (TPSA) is 96.6 Å². The number of benzene rings is 4. The molecule has 226 valence electrons. The van der Waals surface area contributed by atoms with Crippen LogP contribution in [-0.4, -0.2) is 22.0 Å². The van der Waals surface area contributed by atoms with Crippen molar-refractivity contribution in [1.29, 1.82) is 0 Å². The molecule has 8 nitrogen and oxygen atoms in total. The summed E-state index contributed by atoms with van der Waals surface area (Å²) < 4.78 is 6.86. The second-order valence-corrected chi connectivity index (χ2v) is 13.6. The van der Waals surface area contributed by atoms with Crippen LogP contribution in [0.25, 0.3) is 11.0 Å². The lowest BCUT2D eigenvalue weighted by atomic mass is 9.84. The van der Waals surface area contributed by atoms with Gasteiger partial charge in [0.15, 0.2) is 15.3 Å². The molecular formula is C36H26N4O4S2. The van der Waals surface area contributed by atoms with E-state index in [2.05, 4.69) is 10.2 Å². The largest absolute Gasteiger partial charge is 0.450 e. The minimum atomic E-state index is -1.83. The highest BCUT2D eigenvalue weighted by atomic mass is 32.2. The molecule has 0 radical (unpaired) electrons. The molecule has 0 aliphatic carbocycles. The molecule has 1 atom stereocenters. The Labute approximate surface area is 272 Å². The number of fused-ring (bicyclic) bond motifs is 5. The summed E-state index contributed by atoms with van der Waals surface area (Å²) in [5.74, 6) is -0.523. The fraction of sp³-hybridized carbons (Fsp3) is 0.139. The average molecular weight is 643 g/mol. The molecule has 0 bridgehead atoms. The number of hydrogen-bond donors (Lipinski definition) is 0. The number of carbonyl (C=O) groups excluding carboxylic acids is 2. The van der Waals surface area contributed by atoms with Crippen LogP contribution in [0, 0.1) is 13.8 Å². The van der Waals surface area contributed by atoms with E-state index >= 15 is 4.79 Å². The van der Waals surface area contributed by atoms with Gasteiger partial charge in [0.05, 0.1) is 23.2 Å². The molecule has 4 aromatic carbocycles. The van der Waals surface area contributed by atoms with E-state index in [-0.39, 0.29) is 28.6 Å². The molecule has 1 spiro atoms. The Bertz CT molecular complexity index is 2260. The predicted octanol–water partition coefficient (Wildman–Crippen LogP) is 7.00. The first-order valence-electron chi connectivity index (χ1n) is 14.8. The molecule has 6 aromatic rings. The van der Waals surface area contributed by atoms with Crippen LogP contribution >= 0.6 is 23.1 Å². The van der Waals surface area contributed by atoms with E-state index in [1.54, 1.807) is 17.0 Å². The van der Waals surface area contributed by atoms with Crippen LogP contribution in [0.4, 0.5) is 10.8 Å². The second kappa shape index (κ2) is 10.8. The Morgan fingerprint density at radius 1 is 0.870 bits per heavy atom. The maximum atomic E-state index is 15.2. The van der Waals surface area contributed by atoms with Gasteiger partial charge in [-0.05, 0) is 48.7 Å². The van der Waals surface area contributed by atoms with Crippen LogP contribution in [0.1, 0.15) is 43.9 Å². The summed E-state index contributed by atoms with van der Waals surface area (Å²) in [5.41, 5.74) is 3.15. The van der Waals surface area contributed by atoms with Crippen LogP contribution in [0.2, 0.25) is 0 Å². The van der Waals surface area contributed by atoms with Crippen LogP contribution in [0.3, 0.4) is 0 Å². The smallest absolute Gasteiger partial charge is 0.297 e. The van der Waals surface area contributed by atoms with Crippen molar-refractivity contribution in [3.8, 4) is 0 Å². The number of aromatic nitrogens is 2. The van der Waals surface area contributed by atoms with Crippen LogP contribution in [0.5, 0.6) is 0 Å². The maximum Gasteiger partial charge on any atom is 0.297 e. The van der Waals surface area contributed by atoms with Gasteiger partial charge in [-0.3, -0.25) is 19.3 Å². The Kier molecular flexibility index (Phi) is 6.66. The van der Waals surface area contributed by atoms with E-state index in [4.69, 9.17) is 4.42 Å². The summed E-state index contributed by atoms with van der Waals surface area (Å²) in [7, 11) is 0. The van der Waals surface area contributed by atoms with Gasteiger partial charge in [-0.25, -0.2) is 0 Å². The van der Waals surface area contributed by atoms with Crippen molar-refractivity contribution in [2.24, 2.45) is 0 Å². The fourth-order valence-electron chi connectivity index (χ4n) is 6.46. The molecule has 2 aliphatic rings. The SMILES string of the molecule is Cc1ccc2oc3c(c(=O)c2c1)C1(C(=O)N(Cc2ccccc2C)c2ccccc21)N(c1nnc(SCc2ccccc2)s1)C3=O. The van der Waals surface area contributed by atoms with Crippen molar-refractivity contribution in [3.63, 3.8) is 0 Å². The first kappa shape index (κ1) is 28.4. The van der Waals surface area contributed by atoms with E-state index in [1.807, 2.05) is 98.8 Å². The van der Waals surface area contributed by atoms with Gasteiger partial charge in [-0.2, -0.15) is 0 Å². The summed E-state index contributed by atoms with van der Waals surface area (Å²) in [4.78, 5) is 47.3. The summed E-state index contributed by atoms with van der Waals surface area (Å²) in [6.45, 7) is 4.14. The van der Waals surface area contributed by atoms with E-state index in [0.717, 1.165) is 22.3 Å². The van der Waals surface area contributed by atoms with E-state index in [0.29, 0.717) is 26.7 Å². The van der Waals surface area contributed by atoms with Gasteiger partial charge in [0, 0.05) is 11.3 Å². The molecule has 0 saturated heterocycles. The standard InChI is InChI=1S/C36H26N4O4S2/c1-21-16-17-28-25(18-21)30(41)29-31(44-28)32(42)40(34-37-38-35(46-34)45-20-23-11-4-3-5-12-23)36(29)26-14-8-9-15-27(26)39(33(36)43)19-24-13-7-6-10-22(24)2/h3-18H,19-20H2,1-2H3. The third kappa shape index (κ3) is 4.17. The highest BCUT2D eigenvalue weighted by molar-refractivity contribution is 8.00. The van der Waals surface area contributed by atoms with Crippen molar-refractivity contribution >= 4 is 56.7 Å². The van der Waals surface area contributed by atoms with E-state index in [1.165, 1.54) is 28.0 Å². The van der Waals surface area contributed by atoms with Crippen molar-refractivity contribution in [1.82, 2.24) is 10.2 Å². The number of thioether (sulfide) groups is 1. The van der Waals surface area contributed by atoms with Crippen LogP contribution in [0.15, 0.2) is 111 Å². The summed E-state index contributed by atoms with van der Waals surface area (Å²) in [6.07, 6.45) is 0. The molecule has 46 heavy (non-hydrogen) atoms. The third-order valence-electron chi connectivity index (χ3n) is 8.66. The Morgan fingerprint density at radius 2 is 1.63 bits per heavy atom. The van der Waals surface area contributed by atoms with Crippen molar-refractivity contribution in [3.05, 3.63) is 146 Å². The number of amides is 2. The summed E-state index contributed by atoms with van der Waals surface area (Å²) >= 11 is 2.71. The third-order valence-corrected chi connectivity index (χ3v) is 10.8. The highest BCUT2D eigenvalue weighted by Gasteiger charge is 2.66. The van der Waals surface area contributed by atoms with Crippen LogP contribution in [-0.2, 0) is 22.6 Å². The summed E-state index contributed by atoms with van der Waals surface area (Å²) in [5, 5.41) is 9.37. The quantitative estimate of drug-likeness (QED) is 0.143. The van der Waals surface area contributed by atoms with Crippen molar-refractivity contribution < 1.29 is 14.0 Å². The Hall–Kier alpha value is -5.06. The maximum absolute atomic E-state index is 15.2. The number of hydrogen-bond acceptors (Lipinski definition) is 8. The first-order valence-corrected chi connectivity index (χ1v) is 16.6. The molecule has 10 heteroatoms. The van der Waals surface area contributed by atoms with Crippen molar-refractivity contribution in [2.45, 2.75) is 36.0 Å². The first-order chi connectivity index (χ1) is 22.4. The Balaban J connectivity index is 1.34. The van der Waals surface area contributed by atoms with Crippen molar-refractivity contribution in [2.75, 3.05) is 9.80 Å². The van der Waals surface area contributed by atoms with Crippen LogP contribution < -0.4 is 15.2 Å². The minimum Gasteiger partial charge on any atom is -0.450 e. The number of carbonyl (C=O) groups is 2. The van der Waals surface area contributed by atoms with Gasteiger partial charge in [-0.15, -0.1) is 10.2 Å². The number of rotatable bonds is 6. The lowest BCUT2D eigenvalue weighted by molar-refractivity contribution is -0.121. The monoisotopic (exact) mass is 642 g/mol. The molecule has 0 N–H and O–H groups in total. The minimum absolute atomic E-state index is 0.00835. The lowest BCUT2D eigenvalue weighted by Gasteiger charge is -2.32. The fourth-order valence-corrected chi connectivity index (χ4v) is 8.31. The summed E-state index contributed by atoms with van der Waals surface area (Å²) in [6, 6.07) is 30.4.